The quantitative estimate of drug-likeness (QED) is 0.231. The Labute approximate surface area is 185 Å². The fraction of sp³-hybridized carbons (Fsp3) is 0.125. The van der Waals surface area contributed by atoms with E-state index in [2.05, 4.69) is 39.8 Å². The molecule has 34 heavy (non-hydrogen) atoms. The first-order valence-electron chi connectivity index (χ1n) is 8.77. The lowest BCUT2D eigenvalue weighted by Crippen LogP contribution is -2.09. The molecule has 0 aliphatic heterocycles. The van der Waals surface area contributed by atoms with E-state index < -0.39 is 24.0 Å². The van der Waals surface area contributed by atoms with Gasteiger partial charge < -0.3 is 15.2 Å². The van der Waals surface area contributed by atoms with Gasteiger partial charge in [0.2, 0.25) is 11.8 Å². The van der Waals surface area contributed by atoms with Gasteiger partial charge in [-0.2, -0.15) is 38.0 Å². The van der Waals surface area contributed by atoms with Gasteiger partial charge in [-0.3, -0.25) is 10.1 Å². The third-order valence-electron chi connectivity index (χ3n) is 3.55. The average molecular weight is 484 g/mol. The van der Waals surface area contributed by atoms with Crippen LogP contribution in [0.2, 0.25) is 0 Å². The van der Waals surface area contributed by atoms with E-state index in [1.54, 1.807) is 0 Å². The summed E-state index contributed by atoms with van der Waals surface area (Å²) in [5.74, 6) is -0.771. The van der Waals surface area contributed by atoms with Crippen LogP contribution in [0, 0.1) is 10.1 Å². The molecule has 2 N–H and O–H groups in total. The highest BCUT2D eigenvalue weighted by Gasteiger charge is 2.19. The summed E-state index contributed by atoms with van der Waals surface area (Å²) in [7, 11) is 0. The molecule has 178 valence electrons. The third-order valence-corrected chi connectivity index (χ3v) is 3.55. The minimum absolute atomic E-state index is 0.144. The summed E-state index contributed by atoms with van der Waals surface area (Å²) in [4.78, 5) is 19.0. The number of pyridine rings is 2. The minimum Gasteiger partial charge on any atom is -0.415 e. The second kappa shape index (κ2) is 10.6. The number of hydrogen-bond acceptors (Lipinski definition) is 11. The van der Waals surface area contributed by atoms with Crippen LogP contribution in [0.4, 0.5) is 28.9 Å². The summed E-state index contributed by atoms with van der Waals surface area (Å²) in [6, 6.07) is 2.38. The van der Waals surface area contributed by atoms with E-state index in [1.807, 2.05) is 0 Å². The topological polar surface area (TPSA) is 175 Å². The lowest BCUT2D eigenvalue weighted by Gasteiger charge is -2.08. The number of nitrogens with zero attached hydrogens (tertiary/aromatic N) is 9. The first-order chi connectivity index (χ1) is 16.2. The van der Waals surface area contributed by atoms with Crippen LogP contribution in [0.5, 0.6) is 11.8 Å². The van der Waals surface area contributed by atoms with E-state index in [0.717, 1.165) is 21.9 Å². The van der Waals surface area contributed by atoms with Crippen molar-refractivity contribution < 1.29 is 32.0 Å². The number of aromatic nitrogens is 8. The molecule has 0 aliphatic rings. The summed E-state index contributed by atoms with van der Waals surface area (Å²) < 4.78 is 56.9. The molecule has 18 heteroatoms. The fourth-order valence-corrected chi connectivity index (χ4v) is 2.30. The number of hydrogen-bond donors (Lipinski definition) is 1. The molecule has 4 heterocycles. The van der Waals surface area contributed by atoms with Gasteiger partial charge in [0.05, 0.1) is 47.7 Å². The SMILES string of the molecule is Nc1cnc(OC(F)F)c(-n2nccn2)c1.O=[N+]([O-])c1cnc(OC(F)F)c(-n2nccn2)c1. The lowest BCUT2D eigenvalue weighted by atomic mass is 10.3. The van der Waals surface area contributed by atoms with Crippen LogP contribution in [0.15, 0.2) is 49.3 Å². The Morgan fingerprint density at radius 1 is 0.824 bits per heavy atom. The van der Waals surface area contributed by atoms with Crippen molar-refractivity contribution in [3.05, 3.63) is 59.4 Å². The predicted molar refractivity (Wildman–Crippen MR) is 103 cm³/mol. The second-order valence-electron chi connectivity index (χ2n) is 5.76. The van der Waals surface area contributed by atoms with Gasteiger partial charge in [0.25, 0.3) is 5.69 Å². The zero-order valence-corrected chi connectivity index (χ0v) is 16.5. The number of anilines is 1. The van der Waals surface area contributed by atoms with Crippen LogP contribution >= 0.6 is 0 Å². The van der Waals surface area contributed by atoms with Crippen molar-refractivity contribution in [2.24, 2.45) is 0 Å². The van der Waals surface area contributed by atoms with Crippen molar-refractivity contribution in [2.75, 3.05) is 5.73 Å². The Kier molecular flexibility index (Phi) is 7.41. The van der Waals surface area contributed by atoms with E-state index >= 15 is 0 Å². The van der Waals surface area contributed by atoms with E-state index in [9.17, 15) is 27.7 Å². The van der Waals surface area contributed by atoms with Gasteiger partial charge >= 0.3 is 13.2 Å². The molecule has 0 spiro atoms. The molecule has 0 bridgehead atoms. The van der Waals surface area contributed by atoms with Crippen LogP contribution in [0.1, 0.15) is 0 Å². The van der Waals surface area contributed by atoms with Crippen LogP contribution in [-0.4, -0.2) is 58.1 Å². The van der Waals surface area contributed by atoms with Gasteiger partial charge in [0.1, 0.15) is 11.9 Å². The monoisotopic (exact) mass is 484 g/mol. The van der Waals surface area contributed by atoms with E-state index in [1.165, 1.54) is 37.1 Å². The number of ether oxygens (including phenoxy) is 2. The van der Waals surface area contributed by atoms with Gasteiger partial charge in [0, 0.05) is 0 Å². The molecule has 4 rings (SSSR count). The highest BCUT2D eigenvalue weighted by atomic mass is 19.3. The van der Waals surface area contributed by atoms with Crippen LogP contribution in [-0.2, 0) is 0 Å². The molecule has 0 radical (unpaired) electrons. The van der Waals surface area contributed by atoms with Crippen LogP contribution in [0.3, 0.4) is 0 Å². The van der Waals surface area contributed by atoms with E-state index in [4.69, 9.17) is 5.73 Å². The Hall–Kier alpha value is -4.90. The molecule has 0 unspecified atom stereocenters. The van der Waals surface area contributed by atoms with Crippen molar-refractivity contribution in [1.82, 2.24) is 40.0 Å². The normalized spacial score (nSPS) is 10.6. The molecule has 0 atom stereocenters. The minimum atomic E-state index is -3.10. The number of nitrogens with two attached hydrogens (primary N) is 1. The van der Waals surface area contributed by atoms with E-state index in [-0.39, 0.29) is 22.9 Å². The first kappa shape index (κ1) is 23.8. The number of nitrogen functional groups attached to an aromatic ring is 1. The maximum Gasteiger partial charge on any atom is 0.388 e. The maximum atomic E-state index is 12.2. The molecule has 14 nitrogen and oxygen atoms in total. The Bertz CT molecular complexity index is 1220. The van der Waals surface area contributed by atoms with Crippen molar-refractivity contribution >= 4 is 11.4 Å². The summed E-state index contributed by atoms with van der Waals surface area (Å²) in [5.41, 5.74) is 5.42. The Morgan fingerprint density at radius 2 is 1.26 bits per heavy atom. The Balaban J connectivity index is 0.000000192. The van der Waals surface area contributed by atoms with Gasteiger partial charge in [-0.05, 0) is 6.07 Å². The highest BCUT2D eigenvalue weighted by Crippen LogP contribution is 2.25. The largest absolute Gasteiger partial charge is 0.415 e. The van der Waals surface area contributed by atoms with Crippen molar-refractivity contribution in [1.29, 1.82) is 0 Å². The van der Waals surface area contributed by atoms with E-state index in [0.29, 0.717) is 5.69 Å². The van der Waals surface area contributed by atoms with Crippen molar-refractivity contribution in [3.63, 3.8) is 0 Å². The highest BCUT2D eigenvalue weighted by molar-refractivity contribution is 5.50. The van der Waals surface area contributed by atoms with Crippen LogP contribution in [0.25, 0.3) is 11.4 Å². The molecule has 4 aromatic rings. The number of nitro groups is 1. The fourth-order valence-electron chi connectivity index (χ4n) is 2.30. The van der Waals surface area contributed by atoms with Gasteiger partial charge in [0.15, 0.2) is 5.69 Å². The summed E-state index contributed by atoms with van der Waals surface area (Å²) in [6.45, 7) is -6.07. The smallest absolute Gasteiger partial charge is 0.388 e. The molecule has 4 aromatic heterocycles. The van der Waals surface area contributed by atoms with Crippen molar-refractivity contribution in [2.45, 2.75) is 13.2 Å². The summed E-state index contributed by atoms with van der Waals surface area (Å²) >= 11 is 0. The van der Waals surface area contributed by atoms with Gasteiger partial charge in [-0.1, -0.05) is 0 Å². The van der Waals surface area contributed by atoms with Crippen molar-refractivity contribution in [3.8, 4) is 23.1 Å². The second-order valence-corrected chi connectivity index (χ2v) is 5.76. The molecule has 0 amide bonds. The zero-order valence-electron chi connectivity index (χ0n) is 16.5. The third kappa shape index (κ3) is 6.08. The molecule has 0 saturated carbocycles. The standard InChI is InChI=1S/C8H5F2N5O3.C8H7F2N5O/c9-8(10)18-7-6(14-12-1-2-13-14)3-5(4-11-7)15(16)17;9-8(10)16-7-6(3-5(11)4-12-7)15-13-1-2-14-15/h1-4,8H;1-4,8H,11H2. The number of rotatable bonds is 7. The predicted octanol–water partition coefficient (Wildman–Crippen LogP) is 2.02. The molecular formula is C16H12F4N10O4. The van der Waals surface area contributed by atoms with Gasteiger partial charge in [-0.15, -0.1) is 9.59 Å². The molecule has 0 fully saturated rings. The maximum absolute atomic E-state index is 12.2. The molecule has 0 aliphatic carbocycles. The summed E-state index contributed by atoms with van der Waals surface area (Å²) in [5, 5.41) is 25.5. The Morgan fingerprint density at radius 3 is 1.71 bits per heavy atom. The summed E-state index contributed by atoms with van der Waals surface area (Å²) in [6.07, 6.45) is 7.39. The lowest BCUT2D eigenvalue weighted by molar-refractivity contribution is -0.385. The molecular weight excluding hydrogens is 472 g/mol. The van der Waals surface area contributed by atoms with Crippen LogP contribution < -0.4 is 15.2 Å². The number of alkyl halides is 4. The average Bonchev–Trinajstić information content (AvgIpc) is 3.49. The molecule has 0 saturated heterocycles. The molecule has 0 aromatic carbocycles. The first-order valence-corrected chi connectivity index (χ1v) is 8.77. The number of halogens is 4. The zero-order chi connectivity index (χ0) is 24.7. The van der Waals surface area contributed by atoms with Gasteiger partial charge in [-0.25, -0.2) is 9.97 Å².